The third-order valence-corrected chi connectivity index (χ3v) is 4.03. The molecule has 1 atom stereocenters. The first kappa shape index (κ1) is 15.9. The predicted molar refractivity (Wildman–Crippen MR) is 89.5 cm³/mol. The van der Waals surface area contributed by atoms with Gasteiger partial charge < -0.3 is 10.5 Å². The van der Waals surface area contributed by atoms with Crippen molar-refractivity contribution in [2.24, 2.45) is 5.73 Å². The van der Waals surface area contributed by atoms with E-state index in [1.807, 2.05) is 39.0 Å². The monoisotopic (exact) mass is 303 g/mol. The molecule has 0 aliphatic carbocycles. The summed E-state index contributed by atoms with van der Waals surface area (Å²) in [5.41, 5.74) is 10.2. The molecular formula is C18H22ClNO. The molecule has 2 nitrogen and oxygen atoms in total. The maximum Gasteiger partial charge on any atom is 0.130 e. The minimum absolute atomic E-state index is 0.165. The van der Waals surface area contributed by atoms with Crippen molar-refractivity contribution >= 4 is 11.6 Å². The van der Waals surface area contributed by atoms with E-state index in [2.05, 4.69) is 19.1 Å². The maximum atomic E-state index is 6.19. The molecule has 3 heteroatoms. The summed E-state index contributed by atoms with van der Waals surface area (Å²) in [7, 11) is 0. The van der Waals surface area contributed by atoms with Crippen LogP contribution in [0.2, 0.25) is 5.02 Å². The molecule has 0 bridgehead atoms. The quantitative estimate of drug-likeness (QED) is 0.867. The second-order valence-electron chi connectivity index (χ2n) is 5.75. The van der Waals surface area contributed by atoms with Gasteiger partial charge >= 0.3 is 0 Å². The van der Waals surface area contributed by atoms with E-state index < -0.39 is 0 Å². The van der Waals surface area contributed by atoms with Crippen LogP contribution in [-0.4, -0.2) is 6.04 Å². The van der Waals surface area contributed by atoms with E-state index in [1.165, 1.54) is 5.56 Å². The summed E-state index contributed by atoms with van der Waals surface area (Å²) >= 11 is 6.19. The van der Waals surface area contributed by atoms with Crippen LogP contribution >= 0.6 is 11.6 Å². The lowest BCUT2D eigenvalue weighted by Gasteiger charge is -2.13. The van der Waals surface area contributed by atoms with Crippen molar-refractivity contribution in [2.75, 3.05) is 0 Å². The Hall–Kier alpha value is -1.51. The lowest BCUT2D eigenvalue weighted by Crippen LogP contribution is -2.17. The summed E-state index contributed by atoms with van der Waals surface area (Å²) in [5.74, 6) is 1.68. The molecule has 21 heavy (non-hydrogen) atoms. The lowest BCUT2D eigenvalue weighted by atomic mass is 10.0. The standard InChI is InChI=1S/C18H22ClNO/c1-11-7-15(10-14(4)20)5-6-17(11)21-16-8-12(2)18(19)13(3)9-16/h5-9,14H,10,20H2,1-4H3. The van der Waals surface area contributed by atoms with Gasteiger partial charge in [-0.3, -0.25) is 0 Å². The molecule has 112 valence electrons. The minimum Gasteiger partial charge on any atom is -0.457 e. The Kier molecular flexibility index (Phi) is 4.92. The van der Waals surface area contributed by atoms with Crippen molar-refractivity contribution in [3.8, 4) is 11.5 Å². The number of aryl methyl sites for hydroxylation is 3. The van der Waals surface area contributed by atoms with Crippen molar-refractivity contribution < 1.29 is 4.74 Å². The molecule has 1 unspecified atom stereocenters. The number of ether oxygens (including phenoxy) is 1. The van der Waals surface area contributed by atoms with Gasteiger partial charge in [0.25, 0.3) is 0 Å². The van der Waals surface area contributed by atoms with E-state index >= 15 is 0 Å². The minimum atomic E-state index is 0.165. The molecule has 0 radical (unpaired) electrons. The molecule has 2 rings (SSSR count). The summed E-state index contributed by atoms with van der Waals surface area (Å²) in [5, 5.41) is 0.798. The average Bonchev–Trinajstić information content (AvgIpc) is 2.38. The molecule has 0 aliphatic rings. The van der Waals surface area contributed by atoms with Crippen LogP contribution in [0.15, 0.2) is 30.3 Å². The number of benzene rings is 2. The van der Waals surface area contributed by atoms with E-state index in [0.29, 0.717) is 0 Å². The number of hydrogen-bond donors (Lipinski definition) is 1. The molecule has 0 amide bonds. The molecule has 0 aromatic heterocycles. The fourth-order valence-corrected chi connectivity index (χ4v) is 2.53. The van der Waals surface area contributed by atoms with Crippen molar-refractivity contribution in [3.63, 3.8) is 0 Å². The Morgan fingerprint density at radius 2 is 1.67 bits per heavy atom. The highest BCUT2D eigenvalue weighted by Crippen LogP contribution is 2.31. The van der Waals surface area contributed by atoms with E-state index in [-0.39, 0.29) is 6.04 Å². The van der Waals surface area contributed by atoms with Gasteiger partial charge in [-0.25, -0.2) is 0 Å². The highest BCUT2D eigenvalue weighted by Gasteiger charge is 2.07. The highest BCUT2D eigenvalue weighted by atomic mass is 35.5. The van der Waals surface area contributed by atoms with E-state index in [0.717, 1.165) is 39.6 Å². The fraction of sp³-hybridized carbons (Fsp3) is 0.333. The molecule has 0 aliphatic heterocycles. The topological polar surface area (TPSA) is 35.2 Å². The largest absolute Gasteiger partial charge is 0.457 e. The zero-order valence-corrected chi connectivity index (χ0v) is 13.8. The van der Waals surface area contributed by atoms with Crippen LogP contribution in [0.4, 0.5) is 0 Å². The zero-order chi connectivity index (χ0) is 15.6. The Labute approximate surface area is 131 Å². The van der Waals surface area contributed by atoms with E-state index in [4.69, 9.17) is 22.1 Å². The van der Waals surface area contributed by atoms with E-state index in [9.17, 15) is 0 Å². The first-order valence-electron chi connectivity index (χ1n) is 7.16. The molecular weight excluding hydrogens is 282 g/mol. The van der Waals surface area contributed by atoms with Crippen LogP contribution in [0, 0.1) is 20.8 Å². The molecule has 0 saturated carbocycles. The average molecular weight is 304 g/mol. The summed E-state index contributed by atoms with van der Waals surface area (Å²) in [4.78, 5) is 0. The Morgan fingerprint density at radius 1 is 1.05 bits per heavy atom. The molecule has 2 N–H and O–H groups in total. The molecule has 0 saturated heterocycles. The fourth-order valence-electron chi connectivity index (χ4n) is 2.42. The molecule has 0 fully saturated rings. The third-order valence-electron chi connectivity index (χ3n) is 3.43. The van der Waals surface area contributed by atoms with Crippen LogP contribution in [0.5, 0.6) is 11.5 Å². The summed E-state index contributed by atoms with van der Waals surface area (Å²) in [6.07, 6.45) is 0.875. The normalized spacial score (nSPS) is 12.3. The van der Waals surface area contributed by atoms with Gasteiger partial charge in [0, 0.05) is 11.1 Å². The zero-order valence-electron chi connectivity index (χ0n) is 13.0. The van der Waals surface area contributed by atoms with Gasteiger partial charge in [0.1, 0.15) is 11.5 Å². The van der Waals surface area contributed by atoms with Crippen molar-refractivity contribution in [1.82, 2.24) is 0 Å². The molecule has 2 aromatic rings. The second-order valence-corrected chi connectivity index (χ2v) is 6.13. The van der Waals surface area contributed by atoms with E-state index in [1.54, 1.807) is 0 Å². The van der Waals surface area contributed by atoms with Crippen LogP contribution in [0.25, 0.3) is 0 Å². The molecule has 0 spiro atoms. The Bertz CT molecular complexity index is 627. The van der Waals surface area contributed by atoms with Crippen molar-refractivity contribution in [3.05, 3.63) is 57.6 Å². The van der Waals surface area contributed by atoms with Crippen LogP contribution in [0.1, 0.15) is 29.2 Å². The first-order chi connectivity index (χ1) is 9.86. The first-order valence-corrected chi connectivity index (χ1v) is 7.54. The van der Waals surface area contributed by atoms with Crippen molar-refractivity contribution in [2.45, 2.75) is 40.2 Å². The number of nitrogens with two attached hydrogens (primary N) is 1. The molecule has 2 aromatic carbocycles. The van der Waals surface area contributed by atoms with Crippen molar-refractivity contribution in [1.29, 1.82) is 0 Å². The van der Waals surface area contributed by atoms with Gasteiger partial charge in [-0.2, -0.15) is 0 Å². The maximum absolute atomic E-state index is 6.19. The van der Waals surface area contributed by atoms with Gasteiger partial charge in [-0.15, -0.1) is 0 Å². The third kappa shape index (κ3) is 3.99. The van der Waals surface area contributed by atoms with Crippen LogP contribution in [0.3, 0.4) is 0 Å². The second kappa shape index (κ2) is 6.50. The van der Waals surface area contributed by atoms with Crippen LogP contribution in [-0.2, 0) is 6.42 Å². The van der Waals surface area contributed by atoms with Gasteiger partial charge in [0.05, 0.1) is 0 Å². The Morgan fingerprint density at radius 3 is 2.19 bits per heavy atom. The molecule has 0 heterocycles. The Balaban J connectivity index is 2.24. The SMILES string of the molecule is Cc1cc(CC(C)N)ccc1Oc1cc(C)c(Cl)c(C)c1. The number of rotatable bonds is 4. The highest BCUT2D eigenvalue weighted by molar-refractivity contribution is 6.32. The predicted octanol–water partition coefficient (Wildman–Crippen LogP) is 4.95. The van der Waals surface area contributed by atoms with Gasteiger partial charge in [-0.05, 0) is 74.6 Å². The van der Waals surface area contributed by atoms with Gasteiger partial charge in [0.2, 0.25) is 0 Å². The number of hydrogen-bond acceptors (Lipinski definition) is 2. The lowest BCUT2D eigenvalue weighted by molar-refractivity contribution is 0.477. The van der Waals surface area contributed by atoms with Gasteiger partial charge in [0.15, 0.2) is 0 Å². The summed E-state index contributed by atoms with van der Waals surface area (Å²) < 4.78 is 6.00. The smallest absolute Gasteiger partial charge is 0.130 e. The van der Waals surface area contributed by atoms with Crippen LogP contribution < -0.4 is 10.5 Å². The van der Waals surface area contributed by atoms with Gasteiger partial charge in [-0.1, -0.05) is 23.7 Å². The summed E-state index contributed by atoms with van der Waals surface area (Å²) in [6.45, 7) is 8.04. The summed E-state index contributed by atoms with van der Waals surface area (Å²) in [6, 6.07) is 10.3. The number of halogens is 1.